The van der Waals surface area contributed by atoms with Gasteiger partial charge in [0.15, 0.2) is 0 Å². The van der Waals surface area contributed by atoms with Crippen LogP contribution in [0.15, 0.2) is 23.1 Å². The van der Waals surface area contributed by atoms with Crippen LogP contribution in [-0.2, 0) is 9.05 Å². The number of benzene rings is 1. The van der Waals surface area contributed by atoms with Crippen molar-refractivity contribution in [3.8, 4) is 5.75 Å². The van der Waals surface area contributed by atoms with Gasteiger partial charge >= 0.3 is 0 Å². The van der Waals surface area contributed by atoms with E-state index in [0.29, 0.717) is 0 Å². The van der Waals surface area contributed by atoms with Gasteiger partial charge in [-0.05, 0) is 49.8 Å². The highest BCUT2D eigenvalue weighted by Gasteiger charge is 2.24. The van der Waals surface area contributed by atoms with E-state index >= 15 is 0 Å². The standard InChI is InChI=1S/C14H18ClFO3S/c1-2-10-3-6-12(7-4-10)19-13-8-5-11(16)9-14(13)20(15,17)18/h5,8-10,12H,2-4,6-7H2,1H3. The van der Waals surface area contributed by atoms with Crippen LogP contribution in [0.4, 0.5) is 4.39 Å². The van der Waals surface area contributed by atoms with Crippen LogP contribution >= 0.6 is 10.7 Å². The van der Waals surface area contributed by atoms with Crippen molar-refractivity contribution in [2.24, 2.45) is 5.92 Å². The topological polar surface area (TPSA) is 43.4 Å². The second-order valence-corrected chi connectivity index (χ2v) is 7.73. The minimum Gasteiger partial charge on any atom is -0.489 e. The minimum atomic E-state index is -4.01. The first-order valence-electron chi connectivity index (χ1n) is 6.81. The van der Waals surface area contributed by atoms with Gasteiger partial charge in [0.05, 0.1) is 6.10 Å². The Hall–Kier alpha value is -0.810. The Balaban J connectivity index is 2.14. The van der Waals surface area contributed by atoms with Crippen molar-refractivity contribution in [2.45, 2.75) is 50.0 Å². The Bertz CT molecular complexity index is 566. The molecular weight excluding hydrogens is 303 g/mol. The fraction of sp³-hybridized carbons (Fsp3) is 0.571. The van der Waals surface area contributed by atoms with Gasteiger partial charge in [0.2, 0.25) is 0 Å². The lowest BCUT2D eigenvalue weighted by Gasteiger charge is -2.28. The highest BCUT2D eigenvalue weighted by atomic mass is 35.7. The predicted octanol–water partition coefficient (Wildman–Crippen LogP) is 4.10. The zero-order valence-electron chi connectivity index (χ0n) is 11.3. The molecule has 0 radical (unpaired) electrons. The molecule has 1 aliphatic carbocycles. The van der Waals surface area contributed by atoms with Crippen LogP contribution in [0.5, 0.6) is 5.75 Å². The summed E-state index contributed by atoms with van der Waals surface area (Å²) in [6, 6.07) is 3.41. The fourth-order valence-electron chi connectivity index (χ4n) is 2.61. The summed E-state index contributed by atoms with van der Waals surface area (Å²) in [6.07, 6.45) is 5.05. The highest BCUT2D eigenvalue weighted by molar-refractivity contribution is 8.13. The summed E-state index contributed by atoms with van der Waals surface area (Å²) >= 11 is 0. The molecule has 0 atom stereocenters. The Morgan fingerprint density at radius 1 is 1.30 bits per heavy atom. The summed E-state index contributed by atoms with van der Waals surface area (Å²) < 4.78 is 41.8. The lowest BCUT2D eigenvalue weighted by Crippen LogP contribution is -2.24. The van der Waals surface area contributed by atoms with Crippen molar-refractivity contribution in [2.75, 3.05) is 0 Å². The normalized spacial score (nSPS) is 23.6. The van der Waals surface area contributed by atoms with Crippen LogP contribution in [0.1, 0.15) is 39.0 Å². The smallest absolute Gasteiger partial charge is 0.265 e. The van der Waals surface area contributed by atoms with Crippen molar-refractivity contribution in [3.63, 3.8) is 0 Å². The molecule has 1 aromatic carbocycles. The lowest BCUT2D eigenvalue weighted by molar-refractivity contribution is 0.126. The molecule has 0 aromatic heterocycles. The number of rotatable bonds is 4. The summed E-state index contributed by atoms with van der Waals surface area (Å²) in [6.45, 7) is 2.17. The molecule has 0 N–H and O–H groups in total. The van der Waals surface area contributed by atoms with E-state index in [-0.39, 0.29) is 16.7 Å². The van der Waals surface area contributed by atoms with Crippen LogP contribution < -0.4 is 4.74 Å². The molecule has 1 fully saturated rings. The van der Waals surface area contributed by atoms with Gasteiger partial charge in [0, 0.05) is 10.7 Å². The van der Waals surface area contributed by atoms with Gasteiger partial charge in [-0.2, -0.15) is 0 Å². The molecule has 0 spiro atoms. The molecule has 1 aliphatic rings. The van der Waals surface area contributed by atoms with Gasteiger partial charge in [-0.1, -0.05) is 13.3 Å². The molecule has 0 saturated heterocycles. The molecule has 2 rings (SSSR count). The third kappa shape index (κ3) is 3.85. The van der Waals surface area contributed by atoms with Gasteiger partial charge < -0.3 is 4.74 Å². The van der Waals surface area contributed by atoms with E-state index in [1.54, 1.807) is 0 Å². The van der Waals surface area contributed by atoms with Crippen LogP contribution in [0.25, 0.3) is 0 Å². The average molecular weight is 321 g/mol. The van der Waals surface area contributed by atoms with Crippen LogP contribution in [0.3, 0.4) is 0 Å². The molecule has 0 amide bonds. The second-order valence-electron chi connectivity index (χ2n) is 5.20. The molecule has 0 heterocycles. The Morgan fingerprint density at radius 2 is 1.95 bits per heavy atom. The molecule has 1 saturated carbocycles. The third-order valence-corrected chi connectivity index (χ3v) is 5.18. The SMILES string of the molecule is CCC1CCC(Oc2ccc(F)cc2S(=O)(=O)Cl)CC1. The van der Waals surface area contributed by atoms with Gasteiger partial charge in [-0.3, -0.25) is 0 Å². The molecule has 6 heteroatoms. The Labute approximate surface area is 123 Å². The third-order valence-electron chi connectivity index (χ3n) is 3.83. The number of hydrogen-bond acceptors (Lipinski definition) is 3. The zero-order chi connectivity index (χ0) is 14.8. The number of hydrogen-bond donors (Lipinski definition) is 0. The molecule has 3 nitrogen and oxygen atoms in total. The van der Waals surface area contributed by atoms with Gasteiger partial charge in [0.25, 0.3) is 9.05 Å². The summed E-state index contributed by atoms with van der Waals surface area (Å²) in [5.74, 6) is 0.215. The monoisotopic (exact) mass is 320 g/mol. The zero-order valence-corrected chi connectivity index (χ0v) is 12.9. The number of ether oxygens (including phenoxy) is 1. The van der Waals surface area contributed by atoms with Crippen LogP contribution in [0.2, 0.25) is 0 Å². The Kier molecular flexibility index (Phi) is 4.91. The Morgan fingerprint density at radius 3 is 2.50 bits per heavy atom. The molecule has 1 aromatic rings. The van der Waals surface area contributed by atoms with E-state index in [4.69, 9.17) is 15.4 Å². The van der Waals surface area contributed by atoms with Crippen molar-refractivity contribution >= 4 is 19.7 Å². The lowest BCUT2D eigenvalue weighted by atomic mass is 9.86. The van der Waals surface area contributed by atoms with Crippen molar-refractivity contribution in [3.05, 3.63) is 24.0 Å². The summed E-state index contributed by atoms with van der Waals surface area (Å²) in [5.41, 5.74) is 0. The van der Waals surface area contributed by atoms with E-state index in [1.807, 2.05) is 0 Å². The quantitative estimate of drug-likeness (QED) is 0.784. The average Bonchev–Trinajstić information content (AvgIpc) is 2.40. The van der Waals surface area contributed by atoms with Crippen molar-refractivity contribution < 1.29 is 17.5 Å². The van der Waals surface area contributed by atoms with E-state index in [1.165, 1.54) is 12.1 Å². The maximum Gasteiger partial charge on any atom is 0.265 e. The van der Waals surface area contributed by atoms with Gasteiger partial charge in [0.1, 0.15) is 16.5 Å². The summed E-state index contributed by atoms with van der Waals surface area (Å²) in [5, 5.41) is 0. The summed E-state index contributed by atoms with van der Waals surface area (Å²) in [7, 11) is 1.31. The van der Waals surface area contributed by atoms with Crippen molar-refractivity contribution in [1.29, 1.82) is 0 Å². The second kappa shape index (κ2) is 6.31. The van der Waals surface area contributed by atoms with Gasteiger partial charge in [-0.25, -0.2) is 12.8 Å². The molecular formula is C14H18ClFO3S. The molecule has 0 aliphatic heterocycles. The van der Waals surface area contributed by atoms with Crippen LogP contribution in [-0.4, -0.2) is 14.5 Å². The van der Waals surface area contributed by atoms with E-state index < -0.39 is 14.9 Å². The maximum absolute atomic E-state index is 13.2. The molecule has 0 unspecified atom stereocenters. The first kappa shape index (κ1) is 15.6. The molecule has 112 valence electrons. The van der Waals surface area contributed by atoms with Crippen molar-refractivity contribution in [1.82, 2.24) is 0 Å². The first-order chi connectivity index (χ1) is 9.40. The largest absolute Gasteiger partial charge is 0.489 e. The highest BCUT2D eigenvalue weighted by Crippen LogP contribution is 2.33. The first-order valence-corrected chi connectivity index (χ1v) is 9.12. The molecule has 20 heavy (non-hydrogen) atoms. The van der Waals surface area contributed by atoms with Gasteiger partial charge in [-0.15, -0.1) is 0 Å². The maximum atomic E-state index is 13.2. The predicted molar refractivity (Wildman–Crippen MR) is 76.1 cm³/mol. The molecule has 0 bridgehead atoms. The fourth-order valence-corrected chi connectivity index (χ4v) is 3.58. The number of halogens is 2. The van der Waals surface area contributed by atoms with E-state index in [0.717, 1.165) is 44.1 Å². The minimum absolute atomic E-state index is 0.0274. The van der Waals surface area contributed by atoms with E-state index in [2.05, 4.69) is 6.92 Å². The van der Waals surface area contributed by atoms with E-state index in [9.17, 15) is 12.8 Å². The van der Waals surface area contributed by atoms with Crippen LogP contribution in [0, 0.1) is 11.7 Å². The summed E-state index contributed by atoms with van der Waals surface area (Å²) in [4.78, 5) is -0.295.